The summed E-state index contributed by atoms with van der Waals surface area (Å²) in [4.78, 5) is 13.3. The Labute approximate surface area is 85.3 Å². The van der Waals surface area contributed by atoms with Crippen LogP contribution in [0.2, 0.25) is 0 Å². The average Bonchev–Trinajstić information content (AvgIpc) is 2.37. The van der Waals surface area contributed by atoms with Gasteiger partial charge in [0.25, 0.3) is 0 Å². The summed E-state index contributed by atoms with van der Waals surface area (Å²) >= 11 is 0. The highest BCUT2D eigenvalue weighted by Crippen LogP contribution is 2.35. The molecule has 0 atom stereocenters. The Hall–Kier alpha value is -0.280. The third kappa shape index (κ3) is 1.67. The summed E-state index contributed by atoms with van der Waals surface area (Å²) < 4.78 is 0. The quantitative estimate of drug-likeness (QED) is 0.633. The van der Waals surface area contributed by atoms with E-state index in [1.54, 1.807) is 0 Å². The summed E-state index contributed by atoms with van der Waals surface area (Å²) in [6.07, 6.45) is 4.10. The van der Waals surface area contributed by atoms with Crippen molar-refractivity contribution < 1.29 is 4.79 Å². The van der Waals surface area contributed by atoms with E-state index in [2.05, 4.69) is 5.32 Å². The van der Waals surface area contributed by atoms with Crippen molar-refractivity contribution in [3.8, 4) is 0 Å². The van der Waals surface area contributed by atoms with Gasteiger partial charge in [-0.3, -0.25) is 4.79 Å². The van der Waals surface area contributed by atoms with E-state index in [1.807, 2.05) is 11.9 Å². The summed E-state index contributed by atoms with van der Waals surface area (Å²) in [6.45, 7) is 2.13. The Morgan fingerprint density at radius 2 is 1.92 bits per heavy atom. The van der Waals surface area contributed by atoms with Crippen molar-refractivity contribution in [3.63, 3.8) is 0 Å². The molecule has 0 aliphatic carbocycles. The zero-order valence-corrected chi connectivity index (χ0v) is 8.82. The maximum atomic E-state index is 11.4. The molecule has 0 aromatic heterocycles. The van der Waals surface area contributed by atoms with Crippen LogP contribution in [0.15, 0.2) is 0 Å². The Morgan fingerprint density at radius 3 is 2.38 bits per heavy atom. The molecule has 1 spiro atoms. The first kappa shape index (κ1) is 10.8. The number of halogens is 1. The molecule has 2 aliphatic heterocycles. The first-order chi connectivity index (χ1) is 5.75. The van der Waals surface area contributed by atoms with Gasteiger partial charge in [-0.2, -0.15) is 0 Å². The molecule has 4 heteroatoms. The highest BCUT2D eigenvalue weighted by molar-refractivity contribution is 5.85. The molecule has 3 nitrogen and oxygen atoms in total. The van der Waals surface area contributed by atoms with Gasteiger partial charge in [0.2, 0.25) is 5.91 Å². The van der Waals surface area contributed by atoms with Crippen LogP contribution in [0, 0.1) is 0 Å². The van der Waals surface area contributed by atoms with Crippen molar-refractivity contribution in [1.29, 1.82) is 0 Å². The van der Waals surface area contributed by atoms with Gasteiger partial charge in [0.15, 0.2) is 0 Å². The van der Waals surface area contributed by atoms with E-state index in [0.29, 0.717) is 5.91 Å². The average molecular weight is 205 g/mol. The minimum atomic E-state index is 0. The Balaban J connectivity index is 0.000000845. The lowest BCUT2D eigenvalue weighted by Gasteiger charge is -2.39. The topological polar surface area (TPSA) is 32.3 Å². The van der Waals surface area contributed by atoms with Gasteiger partial charge < -0.3 is 10.2 Å². The van der Waals surface area contributed by atoms with Crippen molar-refractivity contribution in [2.75, 3.05) is 20.1 Å². The minimum absolute atomic E-state index is 0. The number of nitrogens with one attached hydrogen (secondary N) is 1. The second-order valence-corrected chi connectivity index (χ2v) is 3.93. The van der Waals surface area contributed by atoms with Crippen molar-refractivity contribution in [2.24, 2.45) is 0 Å². The van der Waals surface area contributed by atoms with Crippen molar-refractivity contribution in [3.05, 3.63) is 0 Å². The Bertz CT molecular complexity index is 202. The number of amides is 1. The number of likely N-dealkylation sites (tertiary alicyclic amines) is 1. The van der Waals surface area contributed by atoms with E-state index in [0.717, 1.165) is 38.8 Å². The SMILES string of the molecule is CN1C(=O)CCC12CCNCC2.Cl. The van der Waals surface area contributed by atoms with Gasteiger partial charge >= 0.3 is 0 Å². The van der Waals surface area contributed by atoms with Gasteiger partial charge in [0.1, 0.15) is 0 Å². The number of nitrogens with zero attached hydrogens (tertiary/aromatic N) is 1. The maximum Gasteiger partial charge on any atom is 0.222 e. The van der Waals surface area contributed by atoms with Crippen molar-refractivity contribution in [2.45, 2.75) is 31.2 Å². The van der Waals surface area contributed by atoms with E-state index in [1.165, 1.54) is 0 Å². The van der Waals surface area contributed by atoms with Gasteiger partial charge in [0.05, 0.1) is 0 Å². The molecule has 1 amide bonds. The number of piperidine rings is 1. The van der Waals surface area contributed by atoms with E-state index in [9.17, 15) is 4.79 Å². The van der Waals surface area contributed by atoms with Crippen LogP contribution in [-0.2, 0) is 4.79 Å². The summed E-state index contributed by atoms with van der Waals surface area (Å²) in [5.74, 6) is 0.330. The third-order valence-corrected chi connectivity index (χ3v) is 3.42. The molecule has 0 radical (unpaired) electrons. The van der Waals surface area contributed by atoms with E-state index in [-0.39, 0.29) is 17.9 Å². The van der Waals surface area contributed by atoms with Crippen molar-refractivity contribution >= 4 is 18.3 Å². The van der Waals surface area contributed by atoms with Crippen LogP contribution in [0.5, 0.6) is 0 Å². The lowest BCUT2D eigenvalue weighted by atomic mass is 9.86. The molecule has 2 fully saturated rings. The lowest BCUT2D eigenvalue weighted by Crippen LogP contribution is -2.50. The molecule has 2 aliphatic rings. The second kappa shape index (κ2) is 3.84. The second-order valence-electron chi connectivity index (χ2n) is 3.93. The molecule has 0 saturated carbocycles. The molecule has 76 valence electrons. The largest absolute Gasteiger partial charge is 0.340 e. The minimum Gasteiger partial charge on any atom is -0.340 e. The Kier molecular flexibility index (Phi) is 3.19. The summed E-state index contributed by atoms with van der Waals surface area (Å²) in [7, 11) is 1.96. The van der Waals surface area contributed by atoms with Gasteiger partial charge in [-0.05, 0) is 32.4 Å². The van der Waals surface area contributed by atoms with Crippen LogP contribution < -0.4 is 5.32 Å². The zero-order chi connectivity index (χ0) is 8.60. The van der Waals surface area contributed by atoms with Gasteiger partial charge in [0, 0.05) is 19.0 Å². The lowest BCUT2D eigenvalue weighted by molar-refractivity contribution is -0.130. The molecule has 2 heterocycles. The molecule has 0 aromatic rings. The van der Waals surface area contributed by atoms with E-state index < -0.39 is 0 Å². The molecular weight excluding hydrogens is 188 g/mol. The normalized spacial score (nSPS) is 26.2. The molecular formula is C9H17ClN2O. The molecule has 1 N–H and O–H groups in total. The first-order valence-corrected chi connectivity index (χ1v) is 4.72. The van der Waals surface area contributed by atoms with Gasteiger partial charge in [-0.15, -0.1) is 12.4 Å². The van der Waals surface area contributed by atoms with Gasteiger partial charge in [-0.25, -0.2) is 0 Å². The molecule has 0 unspecified atom stereocenters. The number of rotatable bonds is 0. The molecule has 13 heavy (non-hydrogen) atoms. The summed E-state index contributed by atoms with van der Waals surface area (Å²) in [6, 6.07) is 0. The zero-order valence-electron chi connectivity index (χ0n) is 8.01. The number of hydrogen-bond donors (Lipinski definition) is 1. The molecule has 0 aromatic carbocycles. The summed E-state index contributed by atoms with van der Waals surface area (Å²) in [5, 5.41) is 3.33. The fourth-order valence-corrected chi connectivity index (χ4v) is 2.42. The van der Waals surface area contributed by atoms with Crippen LogP contribution in [0.3, 0.4) is 0 Å². The highest BCUT2D eigenvalue weighted by atomic mass is 35.5. The monoisotopic (exact) mass is 204 g/mol. The van der Waals surface area contributed by atoms with Gasteiger partial charge in [-0.1, -0.05) is 0 Å². The molecule has 2 saturated heterocycles. The predicted octanol–water partition coefficient (Wildman–Crippen LogP) is 0.783. The third-order valence-electron chi connectivity index (χ3n) is 3.42. The predicted molar refractivity (Wildman–Crippen MR) is 54.1 cm³/mol. The van der Waals surface area contributed by atoms with E-state index >= 15 is 0 Å². The van der Waals surface area contributed by atoms with Crippen LogP contribution in [0.1, 0.15) is 25.7 Å². The number of carbonyl (C=O) groups is 1. The molecule has 0 bridgehead atoms. The van der Waals surface area contributed by atoms with Crippen LogP contribution in [0.4, 0.5) is 0 Å². The van der Waals surface area contributed by atoms with Crippen LogP contribution in [-0.4, -0.2) is 36.5 Å². The Morgan fingerprint density at radius 1 is 1.31 bits per heavy atom. The number of hydrogen-bond acceptors (Lipinski definition) is 2. The van der Waals surface area contributed by atoms with Crippen LogP contribution in [0.25, 0.3) is 0 Å². The fraction of sp³-hybridized carbons (Fsp3) is 0.889. The first-order valence-electron chi connectivity index (χ1n) is 4.72. The van der Waals surface area contributed by atoms with E-state index in [4.69, 9.17) is 0 Å². The summed E-state index contributed by atoms with van der Waals surface area (Å²) in [5.41, 5.74) is 0.225. The van der Waals surface area contributed by atoms with Crippen LogP contribution >= 0.6 is 12.4 Å². The maximum absolute atomic E-state index is 11.4. The molecule has 2 rings (SSSR count). The number of carbonyl (C=O) groups excluding carboxylic acids is 1. The van der Waals surface area contributed by atoms with Crippen molar-refractivity contribution in [1.82, 2.24) is 10.2 Å². The highest BCUT2D eigenvalue weighted by Gasteiger charge is 2.43. The standard InChI is InChI=1S/C9H16N2O.ClH/c1-11-8(12)2-3-9(11)4-6-10-7-5-9;/h10H,2-7H2,1H3;1H. The smallest absolute Gasteiger partial charge is 0.222 e. The fourth-order valence-electron chi connectivity index (χ4n) is 2.42.